The lowest BCUT2D eigenvalue weighted by Gasteiger charge is -2.28. The van der Waals surface area contributed by atoms with Crippen molar-refractivity contribution in [3.63, 3.8) is 0 Å². The summed E-state index contributed by atoms with van der Waals surface area (Å²) < 4.78 is 0. The van der Waals surface area contributed by atoms with Crippen LogP contribution in [0.5, 0.6) is 0 Å². The Morgan fingerprint density at radius 3 is 1.73 bits per heavy atom. The van der Waals surface area contributed by atoms with Crippen LogP contribution in [0.4, 0.5) is 0 Å². The van der Waals surface area contributed by atoms with Gasteiger partial charge in [-0.05, 0) is 95.1 Å². The van der Waals surface area contributed by atoms with Gasteiger partial charge in [0.1, 0.15) is 42.3 Å². The van der Waals surface area contributed by atoms with Gasteiger partial charge in [-0.2, -0.15) is 25.3 Å². The van der Waals surface area contributed by atoms with E-state index in [1.165, 1.54) is 6.92 Å². The summed E-state index contributed by atoms with van der Waals surface area (Å²) in [5.74, 6) is -6.26. The Labute approximate surface area is 418 Å². The van der Waals surface area contributed by atoms with E-state index in [0.717, 1.165) is 17.3 Å². The minimum Gasteiger partial charge on any atom is -0.391 e. The van der Waals surface area contributed by atoms with Crippen LogP contribution in [-0.4, -0.2) is 143 Å². The van der Waals surface area contributed by atoms with Crippen LogP contribution in [0.2, 0.25) is 0 Å². The lowest BCUT2D eigenvalue weighted by Crippen LogP contribution is -2.62. The van der Waals surface area contributed by atoms with Crippen LogP contribution in [0.1, 0.15) is 69.4 Å². The summed E-state index contributed by atoms with van der Waals surface area (Å²) in [7, 11) is 0. The summed E-state index contributed by atoms with van der Waals surface area (Å²) in [6, 6.07) is 6.71. The molecule has 1 aliphatic rings. The number of para-hydroxylation sites is 1. The predicted octanol–water partition coefficient (Wildman–Crippen LogP) is -1.92. The summed E-state index contributed by atoms with van der Waals surface area (Å²) in [6.45, 7) is 2.55. The third-order valence-corrected chi connectivity index (χ3v) is 12.6. The van der Waals surface area contributed by atoms with Gasteiger partial charge in [0, 0.05) is 41.4 Å². The number of hydrogen-bond donors (Lipinski definition) is 15. The average molecular weight is 1010 g/mol. The maximum absolute atomic E-state index is 14.6. The van der Waals surface area contributed by atoms with E-state index in [1.54, 1.807) is 36.5 Å². The van der Waals surface area contributed by atoms with Crippen LogP contribution >= 0.6 is 25.3 Å². The van der Waals surface area contributed by atoms with Crippen LogP contribution in [0.3, 0.4) is 0 Å². The topological polar surface area (TPSA) is 347 Å². The van der Waals surface area contributed by atoms with E-state index in [2.05, 4.69) is 72.8 Å². The highest BCUT2D eigenvalue weighted by molar-refractivity contribution is 7.80. The number of aromatic nitrogens is 1. The SMILES string of the molecule is C[C@@H](O)[C@H](NC(=O)[C@H](CCCCN)NC(=O)[C@@H](Cc1c[nH]c2ccccc12)NC(=O)[C@H](Cc1ccccc1)NC(=O)[C@H](CS)NC(=O)[C@@H]1CCCN1)C(=O)N[C@@H](CS)C(=O)N[C@@H](CCCCN)C(N)=O. The maximum Gasteiger partial charge on any atom is 0.245 e. The minimum atomic E-state index is -1.64. The normalized spacial score (nSPS) is 16.8. The second kappa shape index (κ2) is 29.5. The molecule has 0 saturated carbocycles. The highest BCUT2D eigenvalue weighted by Gasteiger charge is 2.36. The molecule has 0 unspecified atom stereocenters. The summed E-state index contributed by atoms with van der Waals surface area (Å²) in [5, 5.41) is 33.2. The molecule has 1 aliphatic heterocycles. The molecule has 23 heteroatoms. The number of carbonyl (C=O) groups is 8. The van der Waals surface area contributed by atoms with Gasteiger partial charge in [0.15, 0.2) is 0 Å². The van der Waals surface area contributed by atoms with Gasteiger partial charge in [-0.3, -0.25) is 38.4 Å². The molecule has 1 saturated heterocycles. The number of nitrogens with two attached hydrogens (primary N) is 3. The molecular weight excluding hydrogens is 941 g/mol. The summed E-state index contributed by atoms with van der Waals surface area (Å²) in [6.07, 6.45) is 3.64. The Morgan fingerprint density at radius 2 is 1.16 bits per heavy atom. The number of hydrogen-bond acceptors (Lipinski definition) is 14. The van der Waals surface area contributed by atoms with E-state index in [0.29, 0.717) is 56.3 Å². The number of thiol groups is 2. The van der Waals surface area contributed by atoms with Crippen LogP contribution in [0, 0.1) is 0 Å². The van der Waals surface area contributed by atoms with Crippen LogP contribution in [0.15, 0.2) is 60.8 Å². The molecule has 1 fully saturated rings. The highest BCUT2D eigenvalue weighted by atomic mass is 32.1. The van der Waals surface area contributed by atoms with Gasteiger partial charge in [0.2, 0.25) is 47.3 Å². The van der Waals surface area contributed by atoms with Gasteiger partial charge < -0.3 is 69.8 Å². The fraction of sp³-hybridized carbons (Fsp3) is 0.532. The molecule has 21 nitrogen and oxygen atoms in total. The zero-order valence-corrected chi connectivity index (χ0v) is 41.2. The van der Waals surface area contributed by atoms with Gasteiger partial charge >= 0.3 is 0 Å². The molecule has 70 heavy (non-hydrogen) atoms. The number of rotatable bonds is 30. The Bertz CT molecular complexity index is 2210. The molecule has 2 aromatic carbocycles. The number of aliphatic hydroxyl groups excluding tert-OH is 1. The van der Waals surface area contributed by atoms with Crippen molar-refractivity contribution in [2.75, 3.05) is 31.1 Å². The fourth-order valence-electron chi connectivity index (χ4n) is 7.91. The highest BCUT2D eigenvalue weighted by Crippen LogP contribution is 2.20. The first kappa shape index (κ1) is 56.9. The minimum absolute atomic E-state index is 0.000423. The molecule has 4 rings (SSSR count). The number of aromatic amines is 1. The number of carbonyl (C=O) groups excluding carboxylic acids is 8. The molecule has 0 aliphatic carbocycles. The number of primary amides is 1. The Balaban J connectivity index is 1.59. The smallest absolute Gasteiger partial charge is 0.245 e. The molecule has 0 spiro atoms. The monoisotopic (exact) mass is 1010 g/mol. The van der Waals surface area contributed by atoms with Crippen molar-refractivity contribution in [2.45, 2.75) is 126 Å². The summed E-state index contributed by atoms with van der Waals surface area (Å²) in [5.41, 5.74) is 18.9. The van der Waals surface area contributed by atoms with Crippen molar-refractivity contribution in [3.8, 4) is 0 Å². The molecular formula is C47H70N12O9S2. The first-order valence-corrected chi connectivity index (χ1v) is 24.9. The third kappa shape index (κ3) is 17.6. The molecule has 2 heterocycles. The molecule has 8 amide bonds. The van der Waals surface area contributed by atoms with Gasteiger partial charge in [0.25, 0.3) is 0 Å². The van der Waals surface area contributed by atoms with Crippen LogP contribution in [-0.2, 0) is 51.2 Å². The van der Waals surface area contributed by atoms with Crippen LogP contribution in [0.25, 0.3) is 10.9 Å². The van der Waals surface area contributed by atoms with E-state index in [9.17, 15) is 43.5 Å². The summed E-state index contributed by atoms with van der Waals surface area (Å²) >= 11 is 8.52. The Hall–Kier alpha value is -5.72. The van der Waals surface area contributed by atoms with Gasteiger partial charge in [-0.15, -0.1) is 0 Å². The molecule has 0 bridgehead atoms. The molecule has 1 aromatic heterocycles. The third-order valence-electron chi connectivity index (χ3n) is 11.9. The average Bonchev–Trinajstić information content (AvgIpc) is 4.04. The standard InChI is InChI=1S/C47H70N12O9S2/c1-27(60)39(47(68)58-38(26-70)45(66)53-32(40(50)61)16-7-9-19-48)59-42(63)34(17-8-10-20-49)54-44(65)36(23-29-24-52-31-15-6-5-14-30(29)31)56-43(64)35(22-28-12-3-2-4-13-28)55-46(67)37(25-69)57-41(62)33-18-11-21-51-33/h2-6,12-15,24,27,32-39,51-52,60,69-70H,7-11,16-23,25-26,48-49H2,1H3,(H2,50,61)(H,53,66)(H,54,65)(H,55,67)(H,56,64)(H,57,62)(H,58,68)(H,59,63)/t27-,32+,33+,34+,35+,36-,37+,38+,39+/m1/s1. The number of unbranched alkanes of at least 4 members (excludes halogenated alkanes) is 2. The van der Waals surface area contributed by atoms with E-state index >= 15 is 0 Å². The summed E-state index contributed by atoms with van der Waals surface area (Å²) in [4.78, 5) is 112. The molecule has 0 radical (unpaired) electrons. The van der Waals surface area contributed by atoms with Crippen molar-refractivity contribution in [3.05, 3.63) is 71.9 Å². The zero-order valence-electron chi connectivity index (χ0n) is 39.4. The van der Waals surface area contributed by atoms with E-state index in [4.69, 9.17) is 17.2 Å². The van der Waals surface area contributed by atoms with E-state index in [-0.39, 0.29) is 49.6 Å². The number of H-pyrrole nitrogens is 1. The Morgan fingerprint density at radius 1 is 0.643 bits per heavy atom. The number of fused-ring (bicyclic) bond motifs is 1. The zero-order chi connectivity index (χ0) is 51.2. The largest absolute Gasteiger partial charge is 0.391 e. The molecule has 16 N–H and O–H groups in total. The van der Waals surface area contributed by atoms with E-state index < -0.39 is 95.8 Å². The van der Waals surface area contributed by atoms with Gasteiger partial charge in [-0.25, -0.2) is 0 Å². The molecule has 9 atom stereocenters. The van der Waals surface area contributed by atoms with Crippen molar-refractivity contribution < 1.29 is 43.5 Å². The lowest BCUT2D eigenvalue weighted by molar-refractivity contribution is -0.136. The van der Waals surface area contributed by atoms with E-state index in [1.807, 2.05) is 24.3 Å². The second-order valence-electron chi connectivity index (χ2n) is 17.3. The first-order valence-electron chi connectivity index (χ1n) is 23.6. The van der Waals surface area contributed by atoms with Crippen molar-refractivity contribution >= 4 is 83.4 Å². The van der Waals surface area contributed by atoms with Crippen LogP contribution < -0.4 is 59.7 Å². The van der Waals surface area contributed by atoms with Crippen molar-refractivity contribution in [2.24, 2.45) is 17.2 Å². The van der Waals surface area contributed by atoms with Gasteiger partial charge in [-0.1, -0.05) is 48.5 Å². The number of aliphatic hydroxyl groups is 1. The number of nitrogens with one attached hydrogen (secondary N) is 9. The van der Waals surface area contributed by atoms with Crippen molar-refractivity contribution in [1.29, 1.82) is 0 Å². The predicted molar refractivity (Wildman–Crippen MR) is 271 cm³/mol. The first-order chi connectivity index (χ1) is 33.6. The Kier molecular flexibility index (Phi) is 23.9. The number of benzene rings is 2. The lowest BCUT2D eigenvalue weighted by atomic mass is 10.0. The van der Waals surface area contributed by atoms with Gasteiger partial charge in [0.05, 0.1) is 12.1 Å². The molecule has 3 aromatic rings. The number of amides is 8. The fourth-order valence-corrected chi connectivity index (χ4v) is 8.42. The second-order valence-corrected chi connectivity index (χ2v) is 18.1. The van der Waals surface area contributed by atoms with Crippen molar-refractivity contribution in [1.82, 2.24) is 47.5 Å². The molecule has 384 valence electrons. The maximum atomic E-state index is 14.6. The quantitative estimate of drug-likeness (QED) is 0.0257.